The van der Waals surface area contributed by atoms with Gasteiger partial charge in [-0.15, -0.1) is 0 Å². The Morgan fingerprint density at radius 3 is 1.92 bits per heavy atom. The zero-order valence-corrected chi connectivity index (χ0v) is 23.1. The summed E-state index contributed by atoms with van der Waals surface area (Å²) in [5.41, 5.74) is 0.249. The summed E-state index contributed by atoms with van der Waals surface area (Å²) < 4.78 is 92.6. The predicted molar refractivity (Wildman–Crippen MR) is 144 cm³/mol. The third kappa shape index (κ3) is 7.72. The van der Waals surface area contributed by atoms with Crippen LogP contribution in [0.3, 0.4) is 0 Å². The van der Waals surface area contributed by atoms with Gasteiger partial charge in [-0.3, -0.25) is 13.4 Å². The molecular formula is C21H27N3O8S4. The molecule has 0 unspecified atom stereocenters. The normalized spacial score (nSPS) is 12.6. The van der Waals surface area contributed by atoms with E-state index in [1.54, 1.807) is 0 Å². The van der Waals surface area contributed by atoms with Crippen molar-refractivity contribution in [3.63, 3.8) is 0 Å². The second kappa shape index (κ2) is 11.2. The predicted octanol–water partition coefficient (Wildman–Crippen LogP) is 2.83. The summed E-state index contributed by atoms with van der Waals surface area (Å²) in [5.74, 6) is -0.228. The quantitative estimate of drug-likeness (QED) is 0.196. The van der Waals surface area contributed by atoms with E-state index in [-0.39, 0.29) is 39.4 Å². The van der Waals surface area contributed by atoms with Gasteiger partial charge in [-0.2, -0.15) is 16.8 Å². The van der Waals surface area contributed by atoms with Crippen LogP contribution >= 0.6 is 12.2 Å². The lowest BCUT2D eigenvalue weighted by Gasteiger charge is -2.19. The molecule has 0 fully saturated rings. The number of nitrogens with zero attached hydrogens (tertiary/aromatic N) is 1. The summed E-state index contributed by atoms with van der Waals surface area (Å²) in [6.45, 7) is 5.15. The van der Waals surface area contributed by atoms with Crippen molar-refractivity contribution in [3.8, 4) is 0 Å². The van der Waals surface area contributed by atoms with E-state index in [1.165, 1.54) is 50.4 Å². The van der Waals surface area contributed by atoms with E-state index in [0.29, 0.717) is 0 Å². The Labute approximate surface area is 216 Å². The van der Waals surface area contributed by atoms with Crippen molar-refractivity contribution in [2.24, 2.45) is 0 Å². The van der Waals surface area contributed by atoms with Gasteiger partial charge in [0.25, 0.3) is 20.2 Å². The first-order chi connectivity index (χ1) is 16.5. The summed E-state index contributed by atoms with van der Waals surface area (Å²) >= 11 is 5.14. The fourth-order valence-corrected chi connectivity index (χ4v) is 5.61. The number of anilines is 2. The van der Waals surface area contributed by atoms with Crippen molar-refractivity contribution >= 4 is 71.1 Å². The van der Waals surface area contributed by atoms with Gasteiger partial charge in [0, 0.05) is 18.8 Å². The standard InChI is InChI=1S/C21H27N3O8S4/c1-5-34(25,26)24(4)18-11-9-16(20(13-18)36(30,31)32)7-6-15-8-10-17(12-19(15)35(27,28)29)23-21(33)22-14(2)3/h6-14H,5H2,1-4H3,(H2,22,23,33)(H,27,28,29)(H,30,31,32)/b7-6+. The van der Waals surface area contributed by atoms with Gasteiger partial charge >= 0.3 is 0 Å². The molecule has 0 saturated heterocycles. The number of hydrogen-bond acceptors (Lipinski definition) is 7. The van der Waals surface area contributed by atoms with Crippen LogP contribution in [-0.4, -0.2) is 58.3 Å². The molecule has 2 aromatic carbocycles. The largest absolute Gasteiger partial charge is 0.360 e. The Morgan fingerprint density at radius 2 is 1.44 bits per heavy atom. The highest BCUT2D eigenvalue weighted by Gasteiger charge is 2.21. The van der Waals surface area contributed by atoms with E-state index in [9.17, 15) is 34.4 Å². The van der Waals surface area contributed by atoms with Gasteiger partial charge in [-0.1, -0.05) is 24.3 Å². The average Bonchev–Trinajstić information content (AvgIpc) is 2.75. The van der Waals surface area contributed by atoms with Gasteiger partial charge in [0.05, 0.1) is 11.4 Å². The van der Waals surface area contributed by atoms with Gasteiger partial charge in [0.2, 0.25) is 10.0 Å². The van der Waals surface area contributed by atoms with E-state index in [1.807, 2.05) is 13.8 Å². The van der Waals surface area contributed by atoms with Crippen LogP contribution < -0.4 is 14.9 Å². The van der Waals surface area contributed by atoms with Crippen LogP contribution in [-0.2, 0) is 30.3 Å². The smallest absolute Gasteiger partial charge is 0.295 e. The second-order valence-corrected chi connectivity index (χ2v) is 13.4. The molecule has 15 heteroatoms. The van der Waals surface area contributed by atoms with Crippen LogP contribution in [0, 0.1) is 0 Å². The van der Waals surface area contributed by atoms with Gasteiger partial charge in [0.15, 0.2) is 5.11 Å². The third-order valence-electron chi connectivity index (χ3n) is 4.83. The maximum atomic E-state index is 12.1. The van der Waals surface area contributed by atoms with Crippen LogP contribution in [0.15, 0.2) is 46.2 Å². The number of hydrogen-bond donors (Lipinski definition) is 4. The lowest BCUT2D eigenvalue weighted by atomic mass is 10.1. The Balaban J connectivity index is 2.54. The molecule has 198 valence electrons. The van der Waals surface area contributed by atoms with E-state index in [4.69, 9.17) is 12.2 Å². The first-order valence-corrected chi connectivity index (χ1v) is 15.3. The summed E-state index contributed by atoms with van der Waals surface area (Å²) in [6, 6.07) is 7.63. The summed E-state index contributed by atoms with van der Waals surface area (Å²) in [7, 11) is -11.9. The summed E-state index contributed by atoms with van der Waals surface area (Å²) in [4.78, 5) is -1.07. The van der Waals surface area contributed by atoms with Crippen LogP contribution in [0.25, 0.3) is 12.2 Å². The van der Waals surface area contributed by atoms with Crippen LogP contribution in [0.1, 0.15) is 31.9 Å². The fraction of sp³-hybridized carbons (Fsp3) is 0.286. The molecule has 0 aliphatic carbocycles. The number of rotatable bonds is 9. The lowest BCUT2D eigenvalue weighted by molar-refractivity contribution is 0.480. The molecule has 2 rings (SSSR count). The van der Waals surface area contributed by atoms with Crippen molar-refractivity contribution in [1.82, 2.24) is 5.32 Å². The number of sulfonamides is 1. The topological polar surface area (TPSA) is 170 Å². The van der Waals surface area contributed by atoms with Gasteiger partial charge in [0.1, 0.15) is 9.79 Å². The van der Waals surface area contributed by atoms with Gasteiger partial charge in [-0.25, -0.2) is 8.42 Å². The zero-order valence-electron chi connectivity index (χ0n) is 19.8. The molecule has 0 aromatic heterocycles. The minimum absolute atomic E-state index is 0.00153. The fourth-order valence-electron chi connectivity index (χ4n) is 3.02. The Bertz CT molecular complexity index is 1500. The maximum absolute atomic E-state index is 12.1. The molecule has 0 radical (unpaired) electrons. The maximum Gasteiger partial charge on any atom is 0.295 e. The summed E-state index contributed by atoms with van der Waals surface area (Å²) in [5, 5.41) is 5.97. The number of benzene rings is 2. The molecule has 0 spiro atoms. The minimum atomic E-state index is -4.79. The Hall–Kier alpha value is -2.56. The molecule has 0 saturated carbocycles. The highest BCUT2D eigenvalue weighted by atomic mass is 32.2. The monoisotopic (exact) mass is 577 g/mol. The van der Waals surface area contributed by atoms with Crippen molar-refractivity contribution in [3.05, 3.63) is 47.5 Å². The average molecular weight is 578 g/mol. The number of thiocarbonyl (C=S) groups is 1. The van der Waals surface area contributed by atoms with Crippen LogP contribution in [0.2, 0.25) is 0 Å². The van der Waals surface area contributed by atoms with E-state index in [2.05, 4.69) is 10.6 Å². The first-order valence-electron chi connectivity index (χ1n) is 10.4. The molecular weight excluding hydrogens is 551 g/mol. The lowest BCUT2D eigenvalue weighted by Crippen LogP contribution is -2.33. The Morgan fingerprint density at radius 1 is 0.944 bits per heavy atom. The third-order valence-corrected chi connectivity index (χ3v) is 8.65. The second-order valence-electron chi connectivity index (χ2n) is 7.88. The minimum Gasteiger partial charge on any atom is -0.360 e. The molecule has 0 aliphatic rings. The van der Waals surface area contributed by atoms with E-state index >= 15 is 0 Å². The highest BCUT2D eigenvalue weighted by Crippen LogP contribution is 2.28. The van der Waals surface area contributed by atoms with E-state index in [0.717, 1.165) is 16.4 Å². The van der Waals surface area contributed by atoms with Crippen molar-refractivity contribution in [2.75, 3.05) is 22.4 Å². The molecule has 2 aromatic rings. The molecule has 0 amide bonds. The SMILES string of the molecule is CCS(=O)(=O)N(C)c1ccc(/C=C/c2ccc(NC(=S)NC(C)C)cc2S(=O)(=O)O)c(S(=O)(=O)O)c1. The van der Waals surface area contributed by atoms with Crippen LogP contribution in [0.4, 0.5) is 11.4 Å². The molecule has 4 N–H and O–H groups in total. The molecule has 36 heavy (non-hydrogen) atoms. The first kappa shape index (κ1) is 29.7. The van der Waals surface area contributed by atoms with Crippen molar-refractivity contribution in [2.45, 2.75) is 36.6 Å². The van der Waals surface area contributed by atoms with Gasteiger partial charge in [-0.05, 0) is 68.4 Å². The van der Waals surface area contributed by atoms with Crippen molar-refractivity contribution < 1.29 is 34.4 Å². The summed E-state index contributed by atoms with van der Waals surface area (Å²) in [6.07, 6.45) is 2.44. The van der Waals surface area contributed by atoms with Crippen molar-refractivity contribution in [1.29, 1.82) is 0 Å². The molecule has 0 bridgehead atoms. The molecule has 0 aliphatic heterocycles. The number of nitrogens with one attached hydrogen (secondary N) is 2. The zero-order chi connectivity index (χ0) is 27.5. The molecule has 0 atom stereocenters. The highest BCUT2D eigenvalue weighted by molar-refractivity contribution is 7.92. The molecule has 0 heterocycles. The van der Waals surface area contributed by atoms with E-state index < -0.39 is 40.1 Å². The van der Waals surface area contributed by atoms with Gasteiger partial charge < -0.3 is 10.6 Å². The van der Waals surface area contributed by atoms with Crippen LogP contribution in [0.5, 0.6) is 0 Å². The Kier molecular flexibility index (Phi) is 9.25. The molecule has 11 nitrogen and oxygen atoms in total.